The molecule has 14 heteroatoms. The van der Waals surface area contributed by atoms with Gasteiger partial charge in [-0.05, 0) is 64.2 Å². The Balaban J connectivity index is 1.48. The minimum absolute atomic E-state index is 0.000891. The Labute approximate surface area is 244 Å². The van der Waals surface area contributed by atoms with Crippen molar-refractivity contribution in [3.05, 3.63) is 35.9 Å². The lowest BCUT2D eigenvalue weighted by molar-refractivity contribution is -0.117. The first-order valence-corrected chi connectivity index (χ1v) is 15.9. The Kier molecular flexibility index (Phi) is 7.13. The highest BCUT2D eigenvalue weighted by molar-refractivity contribution is 7.92. The maximum Gasteiger partial charge on any atom is 0.232 e. The monoisotopic (exact) mass is 593 g/mol. The molecule has 1 atom stereocenters. The Morgan fingerprint density at radius 3 is 2.50 bits per heavy atom. The van der Waals surface area contributed by atoms with Crippen LogP contribution in [0.5, 0.6) is 0 Å². The zero-order valence-electron chi connectivity index (χ0n) is 24.4. The standard InChI is InChI=1S/C28H35N9O4S/c1-16-29-26(35(3)34-16)19-11-12-20(22(14-19)36(4)42(5,39)40)31-21-15-23(33-28(38)18-9-10-18)32-27-25(21)30-17(2)37(27)24-8-6-7-13-41-24/h11-12,14-15,18,24H,6-10,13H2,1-5H3,(H2,31,32,33,38). The fraction of sp³-hybridized carbons (Fsp3) is 0.464. The summed E-state index contributed by atoms with van der Waals surface area (Å²) in [7, 11) is -0.319. The number of amides is 1. The first-order chi connectivity index (χ1) is 20.0. The predicted molar refractivity (Wildman–Crippen MR) is 160 cm³/mol. The van der Waals surface area contributed by atoms with E-state index in [0.29, 0.717) is 57.9 Å². The third-order valence-corrected chi connectivity index (χ3v) is 8.89. The van der Waals surface area contributed by atoms with Crippen LogP contribution in [0.25, 0.3) is 22.6 Å². The quantitative estimate of drug-likeness (QED) is 0.309. The van der Waals surface area contributed by atoms with E-state index in [1.54, 1.807) is 36.9 Å². The van der Waals surface area contributed by atoms with Gasteiger partial charge in [-0.1, -0.05) is 0 Å². The lowest BCUT2D eigenvalue weighted by Gasteiger charge is -2.25. The molecule has 3 aromatic heterocycles. The smallest absolute Gasteiger partial charge is 0.232 e. The van der Waals surface area contributed by atoms with Gasteiger partial charge in [0.25, 0.3) is 0 Å². The summed E-state index contributed by atoms with van der Waals surface area (Å²) in [5, 5.41) is 10.7. The number of ether oxygens (including phenoxy) is 1. The van der Waals surface area contributed by atoms with Gasteiger partial charge >= 0.3 is 0 Å². The summed E-state index contributed by atoms with van der Waals surface area (Å²) in [6.07, 6.45) is 5.55. The molecule has 1 unspecified atom stereocenters. The second-order valence-electron chi connectivity index (χ2n) is 11.0. The van der Waals surface area contributed by atoms with Crippen LogP contribution in [0.1, 0.15) is 50.0 Å². The molecule has 4 heterocycles. The van der Waals surface area contributed by atoms with Crippen LogP contribution in [0.2, 0.25) is 0 Å². The van der Waals surface area contributed by atoms with Crippen LogP contribution in [-0.2, 0) is 26.6 Å². The number of sulfonamides is 1. The normalized spacial score (nSPS) is 17.4. The Morgan fingerprint density at radius 1 is 1.07 bits per heavy atom. The number of nitrogens with one attached hydrogen (secondary N) is 2. The molecule has 1 amide bonds. The number of carbonyl (C=O) groups excluding carboxylic acids is 1. The van der Waals surface area contributed by atoms with Crippen LogP contribution < -0.4 is 14.9 Å². The second kappa shape index (κ2) is 10.7. The highest BCUT2D eigenvalue weighted by Gasteiger charge is 2.31. The molecule has 2 fully saturated rings. The van der Waals surface area contributed by atoms with Gasteiger partial charge in [-0.2, -0.15) is 5.10 Å². The maximum absolute atomic E-state index is 12.7. The minimum Gasteiger partial charge on any atom is -0.358 e. The second-order valence-corrected chi connectivity index (χ2v) is 13.0. The molecular formula is C28H35N9O4S. The van der Waals surface area contributed by atoms with E-state index in [4.69, 9.17) is 14.7 Å². The number of anilines is 4. The van der Waals surface area contributed by atoms with Gasteiger partial charge in [-0.3, -0.25) is 13.7 Å². The van der Waals surface area contributed by atoms with Crippen molar-refractivity contribution < 1.29 is 17.9 Å². The van der Waals surface area contributed by atoms with Crippen molar-refractivity contribution in [2.75, 3.05) is 34.8 Å². The van der Waals surface area contributed by atoms with Crippen LogP contribution in [0.15, 0.2) is 24.3 Å². The van der Waals surface area contributed by atoms with Gasteiger partial charge in [0, 0.05) is 38.2 Å². The number of imidazole rings is 1. The van der Waals surface area contributed by atoms with Crippen LogP contribution >= 0.6 is 0 Å². The summed E-state index contributed by atoms with van der Waals surface area (Å²) in [5.41, 5.74) is 3.40. The summed E-state index contributed by atoms with van der Waals surface area (Å²) in [5.74, 6) is 2.29. The van der Waals surface area contributed by atoms with Gasteiger partial charge in [-0.15, -0.1) is 0 Å². The largest absolute Gasteiger partial charge is 0.358 e. The average Bonchev–Trinajstić information content (AvgIpc) is 3.67. The summed E-state index contributed by atoms with van der Waals surface area (Å²) in [4.78, 5) is 26.9. The molecule has 1 aliphatic carbocycles. The Bertz CT molecular complexity index is 1790. The van der Waals surface area contributed by atoms with Crippen molar-refractivity contribution in [3.8, 4) is 11.4 Å². The van der Waals surface area contributed by atoms with E-state index in [0.717, 1.165) is 44.2 Å². The van der Waals surface area contributed by atoms with Crippen LogP contribution in [-0.4, -0.2) is 63.5 Å². The zero-order valence-corrected chi connectivity index (χ0v) is 25.2. The van der Waals surface area contributed by atoms with Crippen molar-refractivity contribution in [2.24, 2.45) is 13.0 Å². The highest BCUT2D eigenvalue weighted by atomic mass is 32.2. The molecule has 4 aromatic rings. The lowest BCUT2D eigenvalue weighted by atomic mass is 10.1. The van der Waals surface area contributed by atoms with Gasteiger partial charge in [0.1, 0.15) is 29.2 Å². The third-order valence-electron chi connectivity index (χ3n) is 7.70. The van der Waals surface area contributed by atoms with E-state index in [-0.39, 0.29) is 18.1 Å². The van der Waals surface area contributed by atoms with Crippen molar-refractivity contribution in [1.29, 1.82) is 0 Å². The Morgan fingerprint density at radius 2 is 1.86 bits per heavy atom. The average molecular weight is 594 g/mol. The van der Waals surface area contributed by atoms with E-state index in [2.05, 4.69) is 20.7 Å². The number of hydrogen-bond donors (Lipinski definition) is 2. The molecule has 6 rings (SSSR count). The summed E-state index contributed by atoms with van der Waals surface area (Å²) in [6, 6.07) is 7.17. The molecule has 2 aliphatic rings. The number of carbonyl (C=O) groups is 1. The fourth-order valence-electron chi connectivity index (χ4n) is 5.30. The van der Waals surface area contributed by atoms with Crippen LogP contribution in [0.3, 0.4) is 0 Å². The first kappa shape index (κ1) is 28.1. The van der Waals surface area contributed by atoms with E-state index < -0.39 is 10.0 Å². The molecule has 2 N–H and O–H groups in total. The maximum atomic E-state index is 12.7. The van der Waals surface area contributed by atoms with Crippen molar-refractivity contribution >= 4 is 50.0 Å². The number of hydrogen-bond acceptors (Lipinski definition) is 9. The van der Waals surface area contributed by atoms with E-state index in [9.17, 15) is 13.2 Å². The lowest BCUT2D eigenvalue weighted by Crippen LogP contribution is -2.25. The molecule has 0 radical (unpaired) electrons. The molecule has 0 spiro atoms. The molecule has 1 aliphatic heterocycles. The first-order valence-electron chi connectivity index (χ1n) is 14.0. The number of nitrogens with zero attached hydrogens (tertiary/aromatic N) is 7. The Hall–Kier alpha value is -4.04. The molecule has 13 nitrogen and oxygen atoms in total. The van der Waals surface area contributed by atoms with Crippen LogP contribution in [0.4, 0.5) is 22.9 Å². The molecule has 1 saturated carbocycles. The van der Waals surface area contributed by atoms with Crippen molar-refractivity contribution in [2.45, 2.75) is 52.2 Å². The SMILES string of the molecule is Cc1nc(-c2ccc(Nc3cc(NC(=O)C4CC4)nc4c3nc(C)n4C3CCCCO3)c(N(C)S(C)(=O)=O)c2)n(C)n1. The molecular weight excluding hydrogens is 558 g/mol. The number of aryl methyl sites for hydroxylation is 3. The number of rotatable bonds is 8. The number of benzene rings is 1. The van der Waals surface area contributed by atoms with Gasteiger partial charge in [0.15, 0.2) is 11.5 Å². The molecule has 42 heavy (non-hydrogen) atoms. The number of pyridine rings is 1. The van der Waals surface area contributed by atoms with E-state index in [1.165, 1.54) is 11.4 Å². The van der Waals surface area contributed by atoms with Crippen molar-refractivity contribution in [1.82, 2.24) is 29.3 Å². The van der Waals surface area contributed by atoms with Gasteiger partial charge in [0.05, 0.1) is 23.3 Å². The fourth-order valence-corrected chi connectivity index (χ4v) is 5.81. The molecule has 1 aromatic carbocycles. The number of fused-ring (bicyclic) bond motifs is 1. The van der Waals surface area contributed by atoms with E-state index in [1.807, 2.05) is 17.6 Å². The van der Waals surface area contributed by atoms with Gasteiger partial charge < -0.3 is 15.4 Å². The summed E-state index contributed by atoms with van der Waals surface area (Å²) < 4.78 is 36.4. The third kappa shape index (κ3) is 5.43. The van der Waals surface area contributed by atoms with Crippen molar-refractivity contribution in [3.63, 3.8) is 0 Å². The minimum atomic E-state index is -3.62. The van der Waals surface area contributed by atoms with Gasteiger partial charge in [0.2, 0.25) is 15.9 Å². The summed E-state index contributed by atoms with van der Waals surface area (Å²) in [6.45, 7) is 4.37. The summed E-state index contributed by atoms with van der Waals surface area (Å²) >= 11 is 0. The topological polar surface area (TPSA) is 149 Å². The highest BCUT2D eigenvalue weighted by Crippen LogP contribution is 2.38. The molecule has 0 bridgehead atoms. The van der Waals surface area contributed by atoms with Crippen LogP contribution in [0, 0.1) is 19.8 Å². The molecule has 1 saturated heterocycles. The zero-order chi connectivity index (χ0) is 29.8. The van der Waals surface area contributed by atoms with Gasteiger partial charge in [-0.25, -0.2) is 28.1 Å². The number of aromatic nitrogens is 6. The predicted octanol–water partition coefficient (Wildman–Crippen LogP) is 4.03. The molecule has 222 valence electrons. The van der Waals surface area contributed by atoms with E-state index >= 15 is 0 Å².